The molecular formula is C16H17N3O2S. The zero-order valence-electron chi connectivity index (χ0n) is 12.2. The van der Waals surface area contributed by atoms with E-state index >= 15 is 0 Å². The first-order chi connectivity index (χ1) is 10.7. The monoisotopic (exact) mass is 315 g/mol. The number of non-ortho nitro benzene ring substituents is 1. The van der Waals surface area contributed by atoms with Crippen molar-refractivity contribution in [1.82, 2.24) is 0 Å². The summed E-state index contributed by atoms with van der Waals surface area (Å²) in [6.07, 6.45) is 2.88. The van der Waals surface area contributed by atoms with Crippen LogP contribution in [0.3, 0.4) is 0 Å². The predicted octanol–water partition coefficient (Wildman–Crippen LogP) is 4.54. The molecule has 0 aliphatic carbocycles. The molecule has 22 heavy (non-hydrogen) atoms. The Morgan fingerprint density at radius 1 is 1.18 bits per heavy atom. The van der Waals surface area contributed by atoms with E-state index in [0.717, 1.165) is 17.7 Å². The average Bonchev–Trinajstić information content (AvgIpc) is 2.54. The second kappa shape index (κ2) is 8.19. The van der Waals surface area contributed by atoms with Crippen LogP contribution in [0.1, 0.15) is 18.9 Å². The van der Waals surface area contributed by atoms with Crippen molar-refractivity contribution in [3.63, 3.8) is 0 Å². The van der Waals surface area contributed by atoms with E-state index in [9.17, 15) is 10.1 Å². The molecule has 0 aliphatic heterocycles. The molecule has 0 bridgehead atoms. The van der Waals surface area contributed by atoms with E-state index in [1.807, 2.05) is 23.9 Å². The van der Waals surface area contributed by atoms with Gasteiger partial charge < -0.3 is 0 Å². The third kappa shape index (κ3) is 4.89. The van der Waals surface area contributed by atoms with Gasteiger partial charge in [-0.15, -0.1) is 11.8 Å². The molecule has 0 amide bonds. The zero-order valence-corrected chi connectivity index (χ0v) is 13.0. The van der Waals surface area contributed by atoms with Gasteiger partial charge in [-0.2, -0.15) is 5.10 Å². The molecule has 5 nitrogen and oxygen atoms in total. The minimum atomic E-state index is -0.425. The van der Waals surface area contributed by atoms with Crippen LogP contribution < -0.4 is 5.43 Å². The lowest BCUT2D eigenvalue weighted by atomic mass is 10.2. The molecule has 0 unspecified atom stereocenters. The second-order valence-corrected chi connectivity index (χ2v) is 5.76. The molecule has 2 rings (SSSR count). The van der Waals surface area contributed by atoms with Crippen molar-refractivity contribution in [2.24, 2.45) is 5.10 Å². The minimum Gasteiger partial charge on any atom is -0.278 e. The van der Waals surface area contributed by atoms with Crippen molar-refractivity contribution in [1.29, 1.82) is 0 Å². The SMILES string of the molecule is CCCSc1ccc(C=NNc2ccc([N+](=O)[O-])cc2)cc1. The summed E-state index contributed by atoms with van der Waals surface area (Å²) in [5.41, 5.74) is 4.62. The van der Waals surface area contributed by atoms with Crippen LogP contribution in [0.15, 0.2) is 58.5 Å². The van der Waals surface area contributed by atoms with Crippen molar-refractivity contribution < 1.29 is 4.92 Å². The first-order valence-corrected chi connectivity index (χ1v) is 7.94. The number of hydrazone groups is 1. The molecule has 0 radical (unpaired) electrons. The smallest absolute Gasteiger partial charge is 0.269 e. The van der Waals surface area contributed by atoms with E-state index < -0.39 is 4.92 Å². The predicted molar refractivity (Wildman–Crippen MR) is 91.8 cm³/mol. The number of nitrogens with one attached hydrogen (secondary N) is 1. The quantitative estimate of drug-likeness (QED) is 0.352. The van der Waals surface area contributed by atoms with Crippen molar-refractivity contribution in [3.05, 3.63) is 64.2 Å². The lowest BCUT2D eigenvalue weighted by Gasteiger charge is -2.01. The molecule has 0 aliphatic rings. The lowest BCUT2D eigenvalue weighted by molar-refractivity contribution is -0.384. The first kappa shape index (κ1) is 16.0. The van der Waals surface area contributed by atoms with Crippen LogP contribution in [0.2, 0.25) is 0 Å². The Hall–Kier alpha value is -2.34. The van der Waals surface area contributed by atoms with Crippen LogP contribution in [-0.2, 0) is 0 Å². The van der Waals surface area contributed by atoms with Crippen LogP contribution >= 0.6 is 11.8 Å². The Labute approximate surface area is 133 Å². The van der Waals surface area contributed by atoms with E-state index in [0.29, 0.717) is 5.69 Å². The Kier molecular flexibility index (Phi) is 5.97. The van der Waals surface area contributed by atoms with Gasteiger partial charge in [-0.25, -0.2) is 0 Å². The van der Waals surface area contributed by atoms with Gasteiger partial charge in [0.1, 0.15) is 0 Å². The molecule has 6 heteroatoms. The summed E-state index contributed by atoms with van der Waals surface area (Å²) in [6.45, 7) is 2.16. The van der Waals surface area contributed by atoms with Gasteiger partial charge in [0.05, 0.1) is 16.8 Å². The van der Waals surface area contributed by atoms with Gasteiger partial charge >= 0.3 is 0 Å². The second-order valence-electron chi connectivity index (χ2n) is 4.59. The summed E-state index contributed by atoms with van der Waals surface area (Å²) >= 11 is 1.84. The number of anilines is 1. The van der Waals surface area contributed by atoms with E-state index in [1.165, 1.54) is 17.0 Å². The van der Waals surface area contributed by atoms with Crippen LogP contribution in [0.25, 0.3) is 0 Å². The Bertz CT molecular complexity index is 639. The van der Waals surface area contributed by atoms with E-state index in [1.54, 1.807) is 18.3 Å². The number of nitro groups is 1. The number of hydrogen-bond acceptors (Lipinski definition) is 5. The highest BCUT2D eigenvalue weighted by molar-refractivity contribution is 7.99. The topological polar surface area (TPSA) is 67.5 Å². The molecule has 2 aromatic rings. The molecule has 0 atom stereocenters. The van der Waals surface area contributed by atoms with Crippen molar-refractivity contribution in [2.75, 3.05) is 11.2 Å². The Morgan fingerprint density at radius 2 is 1.86 bits per heavy atom. The number of thioether (sulfide) groups is 1. The fourth-order valence-corrected chi connectivity index (χ4v) is 2.48. The largest absolute Gasteiger partial charge is 0.278 e. The molecular weight excluding hydrogens is 298 g/mol. The lowest BCUT2D eigenvalue weighted by Crippen LogP contribution is -1.92. The maximum absolute atomic E-state index is 10.6. The van der Waals surface area contributed by atoms with Gasteiger partial charge in [-0.3, -0.25) is 15.5 Å². The molecule has 2 aromatic carbocycles. The highest BCUT2D eigenvalue weighted by Gasteiger charge is 2.02. The van der Waals surface area contributed by atoms with Gasteiger partial charge in [-0.1, -0.05) is 19.1 Å². The zero-order chi connectivity index (χ0) is 15.8. The number of hydrogen-bond donors (Lipinski definition) is 1. The van der Waals surface area contributed by atoms with Gasteiger partial charge in [0, 0.05) is 17.0 Å². The first-order valence-electron chi connectivity index (χ1n) is 6.95. The molecule has 0 heterocycles. The Balaban J connectivity index is 1.90. The van der Waals surface area contributed by atoms with Gasteiger partial charge in [0.2, 0.25) is 0 Å². The number of rotatable bonds is 7. The normalized spacial score (nSPS) is 10.8. The number of nitrogens with zero attached hydrogens (tertiary/aromatic N) is 2. The highest BCUT2D eigenvalue weighted by Crippen LogP contribution is 2.19. The van der Waals surface area contributed by atoms with Gasteiger partial charge in [-0.05, 0) is 42.0 Å². The summed E-state index contributed by atoms with van der Waals surface area (Å²) in [4.78, 5) is 11.4. The van der Waals surface area contributed by atoms with Crippen LogP contribution in [0.5, 0.6) is 0 Å². The van der Waals surface area contributed by atoms with Crippen LogP contribution in [0, 0.1) is 10.1 Å². The summed E-state index contributed by atoms with van der Waals surface area (Å²) in [6, 6.07) is 14.3. The maximum Gasteiger partial charge on any atom is 0.269 e. The summed E-state index contributed by atoms with van der Waals surface area (Å²) in [7, 11) is 0. The number of nitro benzene ring substituents is 1. The fourth-order valence-electron chi connectivity index (χ4n) is 1.71. The third-order valence-electron chi connectivity index (χ3n) is 2.84. The fraction of sp³-hybridized carbons (Fsp3) is 0.188. The van der Waals surface area contributed by atoms with E-state index in [4.69, 9.17) is 0 Å². The number of benzene rings is 2. The van der Waals surface area contributed by atoms with Gasteiger partial charge in [0.15, 0.2) is 0 Å². The summed E-state index contributed by atoms with van der Waals surface area (Å²) < 4.78 is 0. The van der Waals surface area contributed by atoms with Crippen molar-refractivity contribution >= 4 is 29.4 Å². The molecule has 114 valence electrons. The minimum absolute atomic E-state index is 0.0645. The van der Waals surface area contributed by atoms with Crippen LogP contribution in [0.4, 0.5) is 11.4 Å². The summed E-state index contributed by atoms with van der Waals surface area (Å²) in [5.74, 6) is 1.12. The van der Waals surface area contributed by atoms with Crippen LogP contribution in [-0.4, -0.2) is 16.9 Å². The molecule has 0 saturated carbocycles. The average molecular weight is 315 g/mol. The van der Waals surface area contributed by atoms with E-state index in [-0.39, 0.29) is 5.69 Å². The third-order valence-corrected chi connectivity index (χ3v) is 4.06. The molecule has 0 fully saturated rings. The molecule has 0 saturated heterocycles. The van der Waals surface area contributed by atoms with E-state index in [2.05, 4.69) is 29.6 Å². The molecule has 0 aromatic heterocycles. The molecule has 0 spiro atoms. The van der Waals surface area contributed by atoms with Gasteiger partial charge in [0.25, 0.3) is 5.69 Å². The highest BCUT2D eigenvalue weighted by atomic mass is 32.2. The Morgan fingerprint density at radius 3 is 2.45 bits per heavy atom. The maximum atomic E-state index is 10.6. The summed E-state index contributed by atoms with van der Waals surface area (Å²) in [5, 5.41) is 14.7. The van der Waals surface area contributed by atoms with Crippen molar-refractivity contribution in [3.8, 4) is 0 Å². The standard InChI is InChI=1S/C16H17N3O2S/c1-2-11-22-16-9-3-13(4-10-16)12-17-18-14-5-7-15(8-6-14)19(20)21/h3-10,12,18H,2,11H2,1H3. The van der Waals surface area contributed by atoms with Crippen molar-refractivity contribution in [2.45, 2.75) is 18.2 Å². The molecule has 1 N–H and O–H groups in total.